The van der Waals surface area contributed by atoms with E-state index < -0.39 is 6.10 Å². The van der Waals surface area contributed by atoms with E-state index in [4.69, 9.17) is 0 Å². The first-order valence-corrected chi connectivity index (χ1v) is 9.31. The third-order valence-corrected chi connectivity index (χ3v) is 4.48. The molecule has 0 radical (unpaired) electrons. The van der Waals surface area contributed by atoms with Gasteiger partial charge in [0.05, 0.1) is 18.3 Å². The fourth-order valence-corrected chi connectivity index (χ4v) is 3.20. The number of nitrogens with one attached hydrogen (secondary N) is 1. The Labute approximate surface area is 160 Å². The van der Waals surface area contributed by atoms with E-state index in [1.54, 1.807) is 4.90 Å². The van der Waals surface area contributed by atoms with Gasteiger partial charge < -0.3 is 15.3 Å². The first-order chi connectivity index (χ1) is 13.0. The number of hydrogen-bond donors (Lipinski definition) is 2. The van der Waals surface area contributed by atoms with Gasteiger partial charge in [-0.3, -0.25) is 0 Å². The van der Waals surface area contributed by atoms with Crippen LogP contribution in [0.5, 0.6) is 0 Å². The Morgan fingerprint density at radius 3 is 2.33 bits per heavy atom. The van der Waals surface area contributed by atoms with E-state index in [9.17, 15) is 9.90 Å². The summed E-state index contributed by atoms with van der Waals surface area (Å²) >= 11 is 0. The van der Waals surface area contributed by atoms with Crippen LogP contribution in [0.15, 0.2) is 72.8 Å². The largest absolute Gasteiger partial charge is 0.387 e. The third kappa shape index (κ3) is 4.86. The van der Waals surface area contributed by atoms with Gasteiger partial charge >= 0.3 is 6.03 Å². The Hall–Kier alpha value is -2.85. The molecule has 1 unspecified atom stereocenters. The molecule has 0 aliphatic carbocycles. The van der Waals surface area contributed by atoms with Gasteiger partial charge in [-0.05, 0) is 22.9 Å². The summed E-state index contributed by atoms with van der Waals surface area (Å²) in [4.78, 5) is 14.6. The quantitative estimate of drug-likeness (QED) is 0.644. The molecule has 0 bridgehead atoms. The number of aliphatic hydroxyl groups excluding tert-OH is 1. The summed E-state index contributed by atoms with van der Waals surface area (Å²) in [5.74, 6) is 0.297. The van der Waals surface area contributed by atoms with E-state index in [2.05, 4.69) is 19.2 Å². The van der Waals surface area contributed by atoms with Crippen LogP contribution < -0.4 is 5.32 Å². The number of carbonyl (C=O) groups excluding carboxylic acids is 1. The van der Waals surface area contributed by atoms with Crippen LogP contribution in [-0.2, 0) is 0 Å². The summed E-state index contributed by atoms with van der Waals surface area (Å²) in [5.41, 5.74) is 1.59. The second-order valence-corrected chi connectivity index (χ2v) is 7.18. The zero-order chi connectivity index (χ0) is 19.2. The standard InChI is InChI=1S/C23H26N2O2/c1-17(2)15-25(16-22(26)19-10-4-3-5-11-19)23(27)24-21-14-8-12-18-9-6-7-13-20(18)21/h3-14,17,22,26H,15-16H2,1-2H3,(H,24,27). The highest BCUT2D eigenvalue weighted by molar-refractivity contribution is 6.01. The Morgan fingerprint density at radius 2 is 1.59 bits per heavy atom. The summed E-state index contributed by atoms with van der Waals surface area (Å²) in [6, 6.07) is 23.1. The molecule has 0 heterocycles. The van der Waals surface area contributed by atoms with Gasteiger partial charge in [0.25, 0.3) is 0 Å². The minimum Gasteiger partial charge on any atom is -0.387 e. The highest BCUT2D eigenvalue weighted by atomic mass is 16.3. The normalized spacial score (nSPS) is 12.1. The molecule has 2 N–H and O–H groups in total. The third-order valence-electron chi connectivity index (χ3n) is 4.48. The lowest BCUT2D eigenvalue weighted by molar-refractivity contribution is 0.121. The van der Waals surface area contributed by atoms with E-state index in [1.807, 2.05) is 72.8 Å². The van der Waals surface area contributed by atoms with Crippen LogP contribution in [0.25, 0.3) is 10.8 Å². The van der Waals surface area contributed by atoms with Gasteiger partial charge in [-0.25, -0.2) is 4.79 Å². The topological polar surface area (TPSA) is 52.6 Å². The predicted octanol–water partition coefficient (Wildman–Crippen LogP) is 5.06. The molecule has 0 aliphatic rings. The Kier molecular flexibility index (Phi) is 6.09. The van der Waals surface area contributed by atoms with Crippen molar-refractivity contribution < 1.29 is 9.90 Å². The van der Waals surface area contributed by atoms with Crippen molar-refractivity contribution in [2.24, 2.45) is 5.92 Å². The lowest BCUT2D eigenvalue weighted by atomic mass is 10.1. The van der Waals surface area contributed by atoms with Crippen molar-refractivity contribution in [3.05, 3.63) is 78.4 Å². The highest BCUT2D eigenvalue weighted by Gasteiger charge is 2.20. The lowest BCUT2D eigenvalue weighted by Gasteiger charge is -2.27. The fraction of sp³-hybridized carbons (Fsp3) is 0.261. The molecular formula is C23H26N2O2. The van der Waals surface area contributed by atoms with Crippen LogP contribution in [-0.4, -0.2) is 29.1 Å². The number of rotatable bonds is 6. The number of anilines is 1. The molecule has 140 valence electrons. The van der Waals surface area contributed by atoms with Gasteiger partial charge in [0.15, 0.2) is 0 Å². The van der Waals surface area contributed by atoms with E-state index in [0.29, 0.717) is 12.5 Å². The number of carbonyl (C=O) groups is 1. The van der Waals surface area contributed by atoms with Gasteiger partial charge in [-0.2, -0.15) is 0 Å². The Morgan fingerprint density at radius 1 is 0.926 bits per heavy atom. The van der Waals surface area contributed by atoms with Gasteiger partial charge in [0.1, 0.15) is 0 Å². The zero-order valence-corrected chi connectivity index (χ0v) is 15.8. The zero-order valence-electron chi connectivity index (χ0n) is 15.8. The lowest BCUT2D eigenvalue weighted by Crippen LogP contribution is -2.40. The number of urea groups is 1. The summed E-state index contributed by atoms with van der Waals surface area (Å²) in [6.45, 7) is 4.94. The molecule has 0 aliphatic heterocycles. The fourth-order valence-electron chi connectivity index (χ4n) is 3.20. The second kappa shape index (κ2) is 8.69. The summed E-state index contributed by atoms with van der Waals surface area (Å²) in [7, 11) is 0. The van der Waals surface area contributed by atoms with Crippen LogP contribution in [0.2, 0.25) is 0 Å². The maximum absolute atomic E-state index is 13.0. The average molecular weight is 362 g/mol. The molecule has 0 fully saturated rings. The van der Waals surface area contributed by atoms with Gasteiger partial charge in [0, 0.05) is 11.9 Å². The summed E-state index contributed by atoms with van der Waals surface area (Å²) in [5, 5.41) is 15.7. The molecule has 27 heavy (non-hydrogen) atoms. The molecule has 0 aromatic heterocycles. The highest BCUT2D eigenvalue weighted by Crippen LogP contribution is 2.24. The van der Waals surface area contributed by atoms with E-state index in [0.717, 1.165) is 22.0 Å². The predicted molar refractivity (Wildman–Crippen MR) is 111 cm³/mol. The molecule has 1 atom stereocenters. The number of fused-ring (bicyclic) bond motifs is 1. The molecule has 4 nitrogen and oxygen atoms in total. The Bertz CT molecular complexity index is 888. The van der Waals surface area contributed by atoms with E-state index >= 15 is 0 Å². The smallest absolute Gasteiger partial charge is 0.321 e. The molecule has 0 saturated carbocycles. The first kappa shape index (κ1) is 18.9. The Balaban J connectivity index is 1.78. The van der Waals surface area contributed by atoms with Crippen molar-refractivity contribution >= 4 is 22.5 Å². The minimum absolute atomic E-state index is 0.199. The minimum atomic E-state index is -0.719. The van der Waals surface area contributed by atoms with Gasteiger partial charge in [-0.15, -0.1) is 0 Å². The van der Waals surface area contributed by atoms with E-state index in [1.165, 1.54) is 0 Å². The molecule has 3 rings (SSSR count). The van der Waals surface area contributed by atoms with Crippen molar-refractivity contribution in [3.8, 4) is 0 Å². The van der Waals surface area contributed by atoms with Crippen molar-refractivity contribution in [1.82, 2.24) is 4.90 Å². The molecule has 4 heteroatoms. The molecular weight excluding hydrogens is 336 g/mol. The molecule has 2 amide bonds. The van der Waals surface area contributed by atoms with Crippen LogP contribution >= 0.6 is 0 Å². The van der Waals surface area contributed by atoms with Crippen molar-refractivity contribution in [2.45, 2.75) is 20.0 Å². The van der Waals surface area contributed by atoms with Crippen molar-refractivity contribution in [1.29, 1.82) is 0 Å². The van der Waals surface area contributed by atoms with Crippen LogP contribution in [0.3, 0.4) is 0 Å². The molecule has 0 spiro atoms. The van der Waals surface area contributed by atoms with Crippen LogP contribution in [0, 0.1) is 5.92 Å². The van der Waals surface area contributed by atoms with Gasteiger partial charge in [0.2, 0.25) is 0 Å². The SMILES string of the molecule is CC(C)CN(CC(O)c1ccccc1)C(=O)Nc1cccc2ccccc12. The maximum atomic E-state index is 13.0. The van der Waals surface area contributed by atoms with Crippen molar-refractivity contribution in [2.75, 3.05) is 18.4 Å². The molecule has 3 aromatic rings. The van der Waals surface area contributed by atoms with Crippen LogP contribution in [0.4, 0.5) is 10.5 Å². The number of nitrogens with zero attached hydrogens (tertiary/aromatic N) is 1. The number of aliphatic hydroxyl groups is 1. The number of benzene rings is 3. The van der Waals surface area contributed by atoms with Gasteiger partial charge in [-0.1, -0.05) is 80.6 Å². The van der Waals surface area contributed by atoms with Crippen molar-refractivity contribution in [3.63, 3.8) is 0 Å². The second-order valence-electron chi connectivity index (χ2n) is 7.18. The van der Waals surface area contributed by atoms with Crippen LogP contribution in [0.1, 0.15) is 25.5 Å². The molecule has 0 saturated heterocycles. The first-order valence-electron chi connectivity index (χ1n) is 9.31. The number of hydrogen-bond acceptors (Lipinski definition) is 2. The molecule has 3 aromatic carbocycles. The maximum Gasteiger partial charge on any atom is 0.321 e. The summed E-state index contributed by atoms with van der Waals surface area (Å²) < 4.78 is 0. The monoisotopic (exact) mass is 362 g/mol. The number of amides is 2. The van der Waals surface area contributed by atoms with E-state index in [-0.39, 0.29) is 12.6 Å². The summed E-state index contributed by atoms with van der Waals surface area (Å²) in [6.07, 6.45) is -0.719. The average Bonchev–Trinajstić information content (AvgIpc) is 2.68.